The maximum atomic E-state index is 11.6. The van der Waals surface area contributed by atoms with Crippen molar-refractivity contribution >= 4 is 5.78 Å². The maximum absolute atomic E-state index is 11.6. The minimum absolute atomic E-state index is 0.226. The van der Waals surface area contributed by atoms with Gasteiger partial charge in [0.05, 0.1) is 0 Å². The second-order valence-electron chi connectivity index (χ2n) is 3.92. The fourth-order valence-electron chi connectivity index (χ4n) is 1.48. The lowest BCUT2D eigenvalue weighted by Gasteiger charge is -2.13. The Labute approximate surface area is 81.7 Å². The summed E-state index contributed by atoms with van der Waals surface area (Å²) < 4.78 is 4.99. The number of hydrogen-bond acceptors (Lipinski definition) is 2. The van der Waals surface area contributed by atoms with Crippen molar-refractivity contribution in [1.29, 1.82) is 0 Å². The molecule has 0 N–H and O–H groups in total. The smallest absolute Gasteiger partial charge is 0.136 e. The van der Waals surface area contributed by atoms with Gasteiger partial charge in [-0.1, -0.05) is 27.2 Å². The van der Waals surface area contributed by atoms with Gasteiger partial charge in [-0.25, -0.2) is 0 Å². The lowest BCUT2D eigenvalue weighted by atomic mass is 9.94. The van der Waals surface area contributed by atoms with Crippen LogP contribution in [0.5, 0.6) is 0 Å². The van der Waals surface area contributed by atoms with Crippen molar-refractivity contribution in [3.8, 4) is 0 Å². The number of Topliss-reactive ketones (excluding diaryl/α,β-unsaturated/α-hetero) is 1. The lowest BCUT2D eigenvalue weighted by Crippen LogP contribution is -2.16. The molecule has 0 aromatic rings. The van der Waals surface area contributed by atoms with E-state index >= 15 is 0 Å². The quantitative estimate of drug-likeness (QED) is 0.611. The minimum atomic E-state index is 0.226. The van der Waals surface area contributed by atoms with Gasteiger partial charge in [-0.2, -0.15) is 0 Å². The first-order valence-electron chi connectivity index (χ1n) is 5.13. The second-order valence-corrected chi connectivity index (χ2v) is 3.92. The van der Waals surface area contributed by atoms with Crippen LogP contribution in [0.15, 0.2) is 0 Å². The van der Waals surface area contributed by atoms with Crippen LogP contribution in [0, 0.1) is 11.8 Å². The van der Waals surface area contributed by atoms with Crippen LogP contribution in [-0.4, -0.2) is 19.5 Å². The standard InChI is InChI=1S/C11H22O2/c1-5-6-10(3)11(12)7-9(2)8-13-4/h9-10H,5-8H2,1-4H3. The van der Waals surface area contributed by atoms with Gasteiger partial charge in [0.2, 0.25) is 0 Å². The molecule has 0 bridgehead atoms. The van der Waals surface area contributed by atoms with Gasteiger partial charge in [0.15, 0.2) is 0 Å². The highest BCUT2D eigenvalue weighted by Gasteiger charge is 2.14. The predicted molar refractivity (Wildman–Crippen MR) is 54.7 cm³/mol. The molecule has 0 aromatic carbocycles. The third kappa shape index (κ3) is 5.81. The highest BCUT2D eigenvalue weighted by atomic mass is 16.5. The van der Waals surface area contributed by atoms with Gasteiger partial charge in [-0.15, -0.1) is 0 Å². The summed E-state index contributed by atoms with van der Waals surface area (Å²) in [5.41, 5.74) is 0. The molecule has 0 aromatic heterocycles. The van der Waals surface area contributed by atoms with E-state index in [-0.39, 0.29) is 5.92 Å². The number of hydrogen-bond donors (Lipinski definition) is 0. The Morgan fingerprint density at radius 3 is 2.46 bits per heavy atom. The van der Waals surface area contributed by atoms with E-state index in [9.17, 15) is 4.79 Å². The Hall–Kier alpha value is -0.370. The van der Waals surface area contributed by atoms with E-state index in [1.807, 2.05) is 6.92 Å². The first kappa shape index (κ1) is 12.6. The molecule has 0 heterocycles. The molecule has 0 aliphatic heterocycles. The molecule has 0 radical (unpaired) electrons. The van der Waals surface area contributed by atoms with Crippen LogP contribution in [0.2, 0.25) is 0 Å². The zero-order chi connectivity index (χ0) is 10.3. The van der Waals surface area contributed by atoms with Crippen LogP contribution >= 0.6 is 0 Å². The van der Waals surface area contributed by atoms with Crippen molar-refractivity contribution in [2.24, 2.45) is 11.8 Å². The van der Waals surface area contributed by atoms with Crippen molar-refractivity contribution in [2.45, 2.75) is 40.0 Å². The number of ketones is 1. The van der Waals surface area contributed by atoms with Gasteiger partial charge in [-0.05, 0) is 12.3 Å². The molecule has 0 aliphatic carbocycles. The highest BCUT2D eigenvalue weighted by molar-refractivity contribution is 5.80. The summed E-state index contributed by atoms with van der Waals surface area (Å²) in [6.45, 7) is 6.87. The topological polar surface area (TPSA) is 26.3 Å². The summed E-state index contributed by atoms with van der Waals surface area (Å²) in [7, 11) is 1.68. The van der Waals surface area contributed by atoms with Crippen LogP contribution < -0.4 is 0 Å². The molecule has 0 rings (SSSR count). The van der Waals surface area contributed by atoms with E-state index in [1.165, 1.54) is 0 Å². The summed E-state index contributed by atoms with van der Waals surface area (Å²) in [6.07, 6.45) is 2.76. The fourth-order valence-corrected chi connectivity index (χ4v) is 1.48. The third-order valence-corrected chi connectivity index (χ3v) is 2.27. The van der Waals surface area contributed by atoms with Crippen LogP contribution in [0.4, 0.5) is 0 Å². The normalized spacial score (nSPS) is 15.4. The van der Waals surface area contributed by atoms with Gasteiger partial charge in [0.1, 0.15) is 5.78 Å². The molecule has 2 atom stereocenters. The first-order valence-corrected chi connectivity index (χ1v) is 5.13. The van der Waals surface area contributed by atoms with E-state index < -0.39 is 0 Å². The molecule has 2 nitrogen and oxygen atoms in total. The number of carbonyl (C=O) groups excluding carboxylic acids is 1. The molecule has 0 saturated heterocycles. The number of ether oxygens (including phenoxy) is 1. The summed E-state index contributed by atoms with van der Waals surface area (Å²) in [4.78, 5) is 11.6. The Morgan fingerprint density at radius 2 is 2.00 bits per heavy atom. The molecular weight excluding hydrogens is 164 g/mol. The van der Waals surface area contributed by atoms with Gasteiger partial charge in [0, 0.05) is 26.1 Å². The van der Waals surface area contributed by atoms with E-state index in [1.54, 1.807) is 7.11 Å². The van der Waals surface area contributed by atoms with E-state index in [0.29, 0.717) is 24.7 Å². The molecule has 78 valence electrons. The molecule has 0 spiro atoms. The summed E-state index contributed by atoms with van der Waals surface area (Å²) in [6, 6.07) is 0. The average Bonchev–Trinajstić information content (AvgIpc) is 2.05. The van der Waals surface area contributed by atoms with Crippen LogP contribution in [-0.2, 0) is 9.53 Å². The molecule has 0 amide bonds. The molecule has 2 unspecified atom stereocenters. The van der Waals surface area contributed by atoms with Crippen LogP contribution in [0.25, 0.3) is 0 Å². The van der Waals surface area contributed by atoms with Crippen molar-refractivity contribution in [3.05, 3.63) is 0 Å². The molecule has 0 saturated carbocycles. The molecule has 2 heteroatoms. The Kier molecular flexibility index (Phi) is 6.87. The predicted octanol–water partition coefficient (Wildman–Crippen LogP) is 2.66. The maximum Gasteiger partial charge on any atom is 0.136 e. The largest absolute Gasteiger partial charge is 0.384 e. The third-order valence-electron chi connectivity index (χ3n) is 2.27. The number of methoxy groups -OCH3 is 1. The Balaban J connectivity index is 3.71. The second kappa shape index (κ2) is 7.07. The summed E-state index contributed by atoms with van der Waals surface area (Å²) in [5.74, 6) is 0.965. The minimum Gasteiger partial charge on any atom is -0.384 e. The first-order chi connectivity index (χ1) is 6.11. The van der Waals surface area contributed by atoms with Crippen molar-refractivity contribution in [2.75, 3.05) is 13.7 Å². The van der Waals surface area contributed by atoms with E-state index in [0.717, 1.165) is 12.8 Å². The summed E-state index contributed by atoms with van der Waals surface area (Å²) in [5, 5.41) is 0. The number of rotatable bonds is 7. The Bertz CT molecular complexity index is 143. The number of carbonyl (C=O) groups is 1. The molecule has 13 heavy (non-hydrogen) atoms. The monoisotopic (exact) mass is 186 g/mol. The molecular formula is C11H22O2. The van der Waals surface area contributed by atoms with E-state index in [2.05, 4.69) is 13.8 Å². The highest BCUT2D eigenvalue weighted by Crippen LogP contribution is 2.13. The van der Waals surface area contributed by atoms with Crippen LogP contribution in [0.3, 0.4) is 0 Å². The molecule has 0 aliphatic rings. The molecule has 0 fully saturated rings. The fraction of sp³-hybridized carbons (Fsp3) is 0.909. The lowest BCUT2D eigenvalue weighted by molar-refractivity contribution is -0.123. The van der Waals surface area contributed by atoms with Gasteiger partial charge >= 0.3 is 0 Å². The summed E-state index contributed by atoms with van der Waals surface area (Å²) >= 11 is 0. The van der Waals surface area contributed by atoms with Crippen molar-refractivity contribution in [1.82, 2.24) is 0 Å². The zero-order valence-electron chi connectivity index (χ0n) is 9.30. The van der Waals surface area contributed by atoms with Crippen molar-refractivity contribution in [3.63, 3.8) is 0 Å². The van der Waals surface area contributed by atoms with Gasteiger partial charge in [0.25, 0.3) is 0 Å². The van der Waals surface area contributed by atoms with Crippen molar-refractivity contribution < 1.29 is 9.53 Å². The zero-order valence-corrected chi connectivity index (χ0v) is 9.30. The Morgan fingerprint density at radius 1 is 1.38 bits per heavy atom. The average molecular weight is 186 g/mol. The van der Waals surface area contributed by atoms with Gasteiger partial charge in [-0.3, -0.25) is 4.79 Å². The van der Waals surface area contributed by atoms with E-state index in [4.69, 9.17) is 4.74 Å². The SMILES string of the molecule is CCCC(C)C(=O)CC(C)COC. The van der Waals surface area contributed by atoms with Gasteiger partial charge < -0.3 is 4.74 Å². The van der Waals surface area contributed by atoms with Crippen LogP contribution in [0.1, 0.15) is 40.0 Å².